The monoisotopic (exact) mass is 212 g/mol. The van der Waals surface area contributed by atoms with Gasteiger partial charge in [-0.2, -0.15) is 0 Å². The molecule has 0 radical (unpaired) electrons. The number of fused-ring (bicyclic) bond motifs is 2. The lowest BCUT2D eigenvalue weighted by atomic mass is 10.0. The van der Waals surface area contributed by atoms with E-state index in [2.05, 4.69) is 35.8 Å². The summed E-state index contributed by atoms with van der Waals surface area (Å²) in [5.74, 6) is 1.28. The van der Waals surface area contributed by atoms with E-state index >= 15 is 0 Å². The van der Waals surface area contributed by atoms with Crippen LogP contribution in [0.15, 0.2) is 0 Å². The van der Waals surface area contributed by atoms with Crippen molar-refractivity contribution in [2.24, 2.45) is 0 Å². The molecule has 3 fully saturated rings. The second-order valence-electron chi connectivity index (χ2n) is 5.63. The molecule has 0 aromatic carbocycles. The minimum absolute atomic E-state index is 0.350. The molecule has 0 aliphatic carbocycles. The van der Waals surface area contributed by atoms with Crippen LogP contribution >= 0.6 is 11.8 Å². The van der Waals surface area contributed by atoms with Crippen LogP contribution in [0.4, 0.5) is 0 Å². The number of hydrogen-bond acceptors (Lipinski definition) is 3. The molecule has 80 valence electrons. The second-order valence-corrected chi connectivity index (χ2v) is 6.94. The van der Waals surface area contributed by atoms with Crippen LogP contribution in [0.1, 0.15) is 33.1 Å². The van der Waals surface area contributed by atoms with Gasteiger partial charge in [-0.05, 0) is 39.7 Å². The molecular weight excluding hydrogens is 192 g/mol. The molecule has 3 rings (SSSR count). The van der Waals surface area contributed by atoms with Crippen molar-refractivity contribution < 1.29 is 0 Å². The Hall–Kier alpha value is 0.270. The summed E-state index contributed by atoms with van der Waals surface area (Å²) < 4.78 is 0. The predicted molar refractivity (Wildman–Crippen MR) is 61.6 cm³/mol. The van der Waals surface area contributed by atoms with Crippen molar-refractivity contribution >= 4 is 11.8 Å². The van der Waals surface area contributed by atoms with Gasteiger partial charge in [0.15, 0.2) is 0 Å². The molecule has 14 heavy (non-hydrogen) atoms. The van der Waals surface area contributed by atoms with Gasteiger partial charge in [0, 0.05) is 23.9 Å². The van der Waals surface area contributed by atoms with E-state index in [1.54, 1.807) is 0 Å². The summed E-state index contributed by atoms with van der Waals surface area (Å²) in [6, 6.07) is 0.828. The summed E-state index contributed by atoms with van der Waals surface area (Å²) in [5.41, 5.74) is 0.350. The van der Waals surface area contributed by atoms with Crippen molar-refractivity contribution in [3.8, 4) is 0 Å². The van der Waals surface area contributed by atoms with Crippen LogP contribution in [0.5, 0.6) is 0 Å². The van der Waals surface area contributed by atoms with Crippen molar-refractivity contribution in [1.82, 2.24) is 10.2 Å². The van der Waals surface area contributed by atoms with E-state index in [1.165, 1.54) is 38.1 Å². The highest BCUT2D eigenvalue weighted by Crippen LogP contribution is 2.48. The fourth-order valence-corrected chi connectivity index (χ4v) is 5.10. The van der Waals surface area contributed by atoms with Crippen molar-refractivity contribution in [3.63, 3.8) is 0 Å². The molecule has 0 aromatic rings. The minimum atomic E-state index is 0.350. The molecule has 2 nitrogen and oxygen atoms in total. The number of thioether (sulfide) groups is 1. The largest absolute Gasteiger partial charge is 0.298 e. The third-order valence-corrected chi connectivity index (χ3v) is 5.87. The molecule has 0 amide bonds. The standard InChI is InChI=1S/C11H20N2S/c1-10(2)8-14-11(12-10)5-7-13-6-3-4-9(11)13/h9,12H,3-8H2,1-2H3. The normalized spacial score (nSPS) is 46.3. The third kappa shape index (κ3) is 1.25. The van der Waals surface area contributed by atoms with Crippen molar-refractivity contribution in [2.75, 3.05) is 18.8 Å². The predicted octanol–water partition coefficient (Wildman–Crippen LogP) is 1.67. The molecule has 1 spiro atoms. The molecule has 3 aliphatic heterocycles. The first kappa shape index (κ1) is 9.49. The minimum Gasteiger partial charge on any atom is -0.298 e. The summed E-state index contributed by atoms with van der Waals surface area (Å²) in [5, 5.41) is 3.90. The Morgan fingerprint density at radius 1 is 1.36 bits per heavy atom. The smallest absolute Gasteiger partial charge is 0.0819 e. The van der Waals surface area contributed by atoms with Gasteiger partial charge in [0.05, 0.1) is 4.87 Å². The van der Waals surface area contributed by atoms with Gasteiger partial charge in [-0.15, -0.1) is 11.8 Å². The lowest BCUT2D eigenvalue weighted by Crippen LogP contribution is -2.52. The average molecular weight is 212 g/mol. The van der Waals surface area contributed by atoms with Crippen molar-refractivity contribution in [1.29, 1.82) is 0 Å². The van der Waals surface area contributed by atoms with Crippen LogP contribution in [0.2, 0.25) is 0 Å². The summed E-state index contributed by atoms with van der Waals surface area (Å²) in [6.07, 6.45) is 4.18. The van der Waals surface area contributed by atoms with E-state index in [9.17, 15) is 0 Å². The molecule has 0 aromatic heterocycles. The maximum atomic E-state index is 3.90. The van der Waals surface area contributed by atoms with E-state index in [0.717, 1.165) is 6.04 Å². The van der Waals surface area contributed by atoms with Crippen LogP contribution in [0.25, 0.3) is 0 Å². The maximum Gasteiger partial charge on any atom is 0.0819 e. The van der Waals surface area contributed by atoms with E-state index in [4.69, 9.17) is 0 Å². The van der Waals surface area contributed by atoms with Crippen LogP contribution in [0.3, 0.4) is 0 Å². The molecule has 3 saturated heterocycles. The number of nitrogens with one attached hydrogen (secondary N) is 1. The summed E-state index contributed by atoms with van der Waals surface area (Å²) in [6.45, 7) is 7.34. The van der Waals surface area contributed by atoms with Crippen LogP contribution in [-0.4, -0.2) is 40.2 Å². The second kappa shape index (κ2) is 2.89. The van der Waals surface area contributed by atoms with Gasteiger partial charge < -0.3 is 0 Å². The van der Waals surface area contributed by atoms with Crippen molar-refractivity contribution in [3.05, 3.63) is 0 Å². The number of hydrogen-bond donors (Lipinski definition) is 1. The maximum absolute atomic E-state index is 3.90. The van der Waals surface area contributed by atoms with E-state index < -0.39 is 0 Å². The van der Waals surface area contributed by atoms with Gasteiger partial charge in [-0.3, -0.25) is 10.2 Å². The molecule has 2 unspecified atom stereocenters. The Kier molecular flexibility index (Phi) is 1.96. The van der Waals surface area contributed by atoms with E-state index in [1.807, 2.05) is 0 Å². The lowest BCUT2D eigenvalue weighted by molar-refractivity contribution is 0.266. The highest BCUT2D eigenvalue weighted by molar-refractivity contribution is 8.01. The average Bonchev–Trinajstić information content (AvgIpc) is 2.71. The zero-order valence-corrected chi connectivity index (χ0v) is 9.99. The topological polar surface area (TPSA) is 15.3 Å². The lowest BCUT2D eigenvalue weighted by Gasteiger charge is -2.33. The van der Waals surface area contributed by atoms with Gasteiger partial charge in [0.2, 0.25) is 0 Å². The molecule has 1 N–H and O–H groups in total. The molecular formula is C11H20N2S. The highest BCUT2D eigenvalue weighted by Gasteiger charge is 2.54. The molecule has 2 atom stereocenters. The van der Waals surface area contributed by atoms with E-state index in [0.29, 0.717) is 10.4 Å². The highest BCUT2D eigenvalue weighted by atomic mass is 32.2. The number of rotatable bonds is 0. The van der Waals surface area contributed by atoms with Gasteiger partial charge in [0.25, 0.3) is 0 Å². The summed E-state index contributed by atoms with van der Waals surface area (Å²) in [7, 11) is 0. The molecule has 3 heteroatoms. The van der Waals surface area contributed by atoms with Gasteiger partial charge in [-0.25, -0.2) is 0 Å². The fourth-order valence-electron chi connectivity index (χ4n) is 3.37. The van der Waals surface area contributed by atoms with Crippen LogP contribution in [-0.2, 0) is 0 Å². The Bertz CT molecular complexity index is 254. The van der Waals surface area contributed by atoms with E-state index in [-0.39, 0.29) is 0 Å². The van der Waals surface area contributed by atoms with Crippen LogP contribution < -0.4 is 5.32 Å². The van der Waals surface area contributed by atoms with Gasteiger partial charge in [0.1, 0.15) is 0 Å². The Morgan fingerprint density at radius 3 is 2.93 bits per heavy atom. The Morgan fingerprint density at radius 2 is 2.21 bits per heavy atom. The SMILES string of the molecule is CC1(C)CSC2(CCN3CCCC32)N1. The third-order valence-electron chi connectivity index (χ3n) is 3.91. The first-order chi connectivity index (χ1) is 6.61. The number of nitrogens with zero attached hydrogens (tertiary/aromatic N) is 1. The first-order valence-electron chi connectivity index (χ1n) is 5.79. The molecule has 0 bridgehead atoms. The zero-order valence-electron chi connectivity index (χ0n) is 9.18. The molecule has 3 aliphatic rings. The van der Waals surface area contributed by atoms with Crippen LogP contribution in [0, 0.1) is 0 Å². The molecule has 0 saturated carbocycles. The first-order valence-corrected chi connectivity index (χ1v) is 6.77. The van der Waals surface area contributed by atoms with Gasteiger partial charge in [-0.1, -0.05) is 0 Å². The van der Waals surface area contributed by atoms with Gasteiger partial charge >= 0.3 is 0 Å². The Balaban J connectivity index is 1.84. The summed E-state index contributed by atoms with van der Waals surface area (Å²) in [4.78, 5) is 3.11. The van der Waals surface area contributed by atoms with Crippen molar-refractivity contribution in [2.45, 2.75) is 49.6 Å². The summed E-state index contributed by atoms with van der Waals surface area (Å²) >= 11 is 2.18. The Labute approximate surface area is 90.8 Å². The zero-order chi connectivity index (χ0) is 9.81. The fraction of sp³-hybridized carbons (Fsp3) is 1.00. The molecule has 3 heterocycles. The quantitative estimate of drug-likeness (QED) is 0.657.